The first-order valence-corrected chi connectivity index (χ1v) is 10.4. The van der Waals surface area contributed by atoms with Crippen molar-refractivity contribution in [1.29, 1.82) is 0 Å². The summed E-state index contributed by atoms with van der Waals surface area (Å²) in [5.74, 6) is -4.60. The van der Waals surface area contributed by atoms with Crippen LogP contribution in [0.25, 0.3) is 0 Å². The molecule has 0 aliphatic heterocycles. The topological polar surface area (TPSA) is 26.3 Å². The summed E-state index contributed by atoms with van der Waals surface area (Å²) in [4.78, 5) is 12.2. The monoisotopic (exact) mass is 384 g/mol. The summed E-state index contributed by atoms with van der Waals surface area (Å²) >= 11 is 0. The van der Waals surface area contributed by atoms with E-state index in [9.17, 15) is 18.0 Å². The van der Waals surface area contributed by atoms with E-state index in [0.29, 0.717) is 18.1 Å². The average Bonchev–Trinajstić information content (AvgIpc) is 2.65. The van der Waals surface area contributed by atoms with Crippen molar-refractivity contribution >= 4 is 5.97 Å². The van der Waals surface area contributed by atoms with Gasteiger partial charge < -0.3 is 4.74 Å². The molecule has 0 aromatic heterocycles. The predicted molar refractivity (Wildman–Crippen MR) is 100 cm³/mol. The smallest absolute Gasteiger partial charge is 0.314 e. The maximum atomic E-state index is 13.2. The van der Waals surface area contributed by atoms with E-state index in [1.165, 1.54) is 51.4 Å². The molecule has 0 heterocycles. The van der Waals surface area contributed by atoms with Crippen molar-refractivity contribution in [2.75, 3.05) is 0 Å². The number of carbonyl (C=O) groups excluding carboxylic acids is 1. The third kappa shape index (κ3) is 7.19. The highest BCUT2D eigenvalue weighted by Gasteiger charge is 2.28. The first kappa shape index (κ1) is 21.8. The Labute approximate surface area is 160 Å². The number of esters is 1. The molecule has 1 aliphatic rings. The first-order chi connectivity index (χ1) is 13.0. The molecule has 2 rings (SSSR count). The summed E-state index contributed by atoms with van der Waals surface area (Å²) in [5.41, 5.74) is 0. The lowest BCUT2D eigenvalue weighted by molar-refractivity contribution is -0.140. The van der Waals surface area contributed by atoms with E-state index >= 15 is 0 Å². The quantitative estimate of drug-likeness (QED) is 0.189. The van der Waals surface area contributed by atoms with Gasteiger partial charge in [0, 0.05) is 12.1 Å². The summed E-state index contributed by atoms with van der Waals surface area (Å²) in [5, 5.41) is 0. The minimum atomic E-state index is -1.55. The van der Waals surface area contributed by atoms with Gasteiger partial charge in [0.05, 0.1) is 5.92 Å². The van der Waals surface area contributed by atoms with Gasteiger partial charge >= 0.3 is 5.97 Å². The van der Waals surface area contributed by atoms with Crippen LogP contribution < -0.4 is 4.74 Å². The first-order valence-electron chi connectivity index (χ1n) is 10.4. The van der Waals surface area contributed by atoms with E-state index in [1.54, 1.807) is 0 Å². The lowest BCUT2D eigenvalue weighted by Crippen LogP contribution is -2.25. The second-order valence-corrected chi connectivity index (χ2v) is 7.75. The molecule has 0 spiro atoms. The number of halogens is 3. The molecule has 5 heteroatoms. The van der Waals surface area contributed by atoms with Crippen molar-refractivity contribution in [2.45, 2.75) is 84.0 Å². The van der Waals surface area contributed by atoms with Gasteiger partial charge in [-0.3, -0.25) is 4.79 Å². The molecule has 1 aromatic rings. The number of carbonyl (C=O) groups is 1. The van der Waals surface area contributed by atoms with Gasteiger partial charge in [-0.2, -0.15) is 0 Å². The molecule has 1 saturated carbocycles. The van der Waals surface area contributed by atoms with Crippen LogP contribution in [-0.4, -0.2) is 5.97 Å². The van der Waals surface area contributed by atoms with Crippen molar-refractivity contribution in [3.05, 3.63) is 29.6 Å². The molecular weight excluding hydrogens is 353 g/mol. The highest BCUT2D eigenvalue weighted by Crippen LogP contribution is 2.33. The van der Waals surface area contributed by atoms with Crippen molar-refractivity contribution < 1.29 is 22.7 Å². The summed E-state index contributed by atoms with van der Waals surface area (Å²) in [6, 6.07) is 1.42. The fourth-order valence-corrected chi connectivity index (χ4v) is 3.87. The van der Waals surface area contributed by atoms with E-state index in [1.807, 2.05) is 0 Å². The van der Waals surface area contributed by atoms with Crippen molar-refractivity contribution in [2.24, 2.45) is 11.8 Å². The largest absolute Gasteiger partial charge is 0.426 e. The van der Waals surface area contributed by atoms with Gasteiger partial charge in [-0.1, -0.05) is 58.3 Å². The number of rotatable bonds is 10. The lowest BCUT2D eigenvalue weighted by atomic mass is 9.80. The maximum absolute atomic E-state index is 13.2. The summed E-state index contributed by atoms with van der Waals surface area (Å²) in [6.07, 6.45) is 13.8. The number of hydrogen-bond acceptors (Lipinski definition) is 2. The minimum absolute atomic E-state index is 0.244. The van der Waals surface area contributed by atoms with Gasteiger partial charge in [-0.05, 0) is 31.6 Å². The van der Waals surface area contributed by atoms with E-state index < -0.39 is 23.4 Å². The van der Waals surface area contributed by atoms with Gasteiger partial charge in [0.2, 0.25) is 0 Å². The second-order valence-electron chi connectivity index (χ2n) is 7.75. The molecular formula is C22H31F3O2. The average molecular weight is 384 g/mol. The SMILES string of the molecule is CCCCCCCCC[C@H]1CC[C@H](C(=O)Oc2cc(F)c(F)c(F)c2)CC1. The zero-order chi connectivity index (χ0) is 19.6. The molecule has 1 aromatic carbocycles. The number of ether oxygens (including phenoxy) is 1. The molecule has 1 aliphatic carbocycles. The zero-order valence-corrected chi connectivity index (χ0v) is 16.2. The fourth-order valence-electron chi connectivity index (χ4n) is 3.87. The standard InChI is InChI=1S/C22H31F3O2/c1-2-3-4-5-6-7-8-9-16-10-12-17(13-11-16)22(26)27-18-14-19(23)21(25)20(24)15-18/h14-17H,2-13H2,1H3/t16-,17-. The number of benzene rings is 1. The van der Waals surface area contributed by atoms with Crippen LogP contribution >= 0.6 is 0 Å². The normalized spacial score (nSPS) is 19.9. The number of hydrogen-bond donors (Lipinski definition) is 0. The molecule has 0 bridgehead atoms. The summed E-state index contributed by atoms with van der Waals surface area (Å²) in [7, 11) is 0. The van der Waals surface area contributed by atoms with Crippen molar-refractivity contribution in [1.82, 2.24) is 0 Å². The molecule has 0 saturated heterocycles. The Balaban J connectivity index is 1.65. The summed E-state index contributed by atoms with van der Waals surface area (Å²) < 4.78 is 44.4. The minimum Gasteiger partial charge on any atom is -0.426 e. The molecule has 0 radical (unpaired) electrons. The summed E-state index contributed by atoms with van der Waals surface area (Å²) in [6.45, 7) is 2.22. The molecule has 0 N–H and O–H groups in total. The maximum Gasteiger partial charge on any atom is 0.314 e. The Morgan fingerprint density at radius 1 is 0.926 bits per heavy atom. The Kier molecular flexibility index (Phi) is 9.16. The van der Waals surface area contributed by atoms with Crippen LogP contribution in [0.2, 0.25) is 0 Å². The highest BCUT2D eigenvalue weighted by molar-refractivity contribution is 5.75. The molecule has 0 amide bonds. The third-order valence-electron chi connectivity index (χ3n) is 5.57. The Morgan fingerprint density at radius 3 is 2.07 bits per heavy atom. The molecule has 1 fully saturated rings. The third-order valence-corrected chi connectivity index (χ3v) is 5.57. The zero-order valence-electron chi connectivity index (χ0n) is 16.2. The van der Waals surface area contributed by atoms with Crippen LogP contribution in [-0.2, 0) is 4.79 Å². The number of unbranched alkanes of at least 4 members (excludes halogenated alkanes) is 6. The van der Waals surface area contributed by atoms with E-state index in [4.69, 9.17) is 4.74 Å². The fraction of sp³-hybridized carbons (Fsp3) is 0.682. The van der Waals surface area contributed by atoms with Crippen LogP contribution in [0.1, 0.15) is 84.0 Å². The van der Waals surface area contributed by atoms with Crippen LogP contribution in [0.5, 0.6) is 5.75 Å². The molecule has 152 valence electrons. The van der Waals surface area contributed by atoms with Gasteiger partial charge in [0.15, 0.2) is 17.5 Å². The van der Waals surface area contributed by atoms with Crippen LogP contribution in [0, 0.1) is 29.3 Å². The van der Waals surface area contributed by atoms with E-state index in [0.717, 1.165) is 25.7 Å². The Hall–Kier alpha value is -1.52. The highest BCUT2D eigenvalue weighted by atomic mass is 19.2. The van der Waals surface area contributed by atoms with Crippen LogP contribution in [0.3, 0.4) is 0 Å². The van der Waals surface area contributed by atoms with Crippen molar-refractivity contribution in [3.63, 3.8) is 0 Å². The predicted octanol–water partition coefficient (Wildman–Crippen LogP) is 6.96. The van der Waals surface area contributed by atoms with Gasteiger partial charge in [-0.25, -0.2) is 13.2 Å². The Bertz CT molecular complexity index is 572. The molecule has 27 heavy (non-hydrogen) atoms. The van der Waals surface area contributed by atoms with Crippen LogP contribution in [0.4, 0.5) is 13.2 Å². The van der Waals surface area contributed by atoms with Gasteiger partial charge in [0.25, 0.3) is 0 Å². The second kappa shape index (κ2) is 11.4. The lowest BCUT2D eigenvalue weighted by Gasteiger charge is -2.27. The van der Waals surface area contributed by atoms with Crippen LogP contribution in [0.15, 0.2) is 12.1 Å². The van der Waals surface area contributed by atoms with Gasteiger partial charge in [0.1, 0.15) is 5.75 Å². The van der Waals surface area contributed by atoms with Gasteiger partial charge in [-0.15, -0.1) is 0 Å². The van der Waals surface area contributed by atoms with E-state index in [-0.39, 0.29) is 11.7 Å². The molecule has 0 atom stereocenters. The van der Waals surface area contributed by atoms with Crippen molar-refractivity contribution in [3.8, 4) is 5.75 Å². The Morgan fingerprint density at radius 2 is 1.48 bits per heavy atom. The molecule has 2 nitrogen and oxygen atoms in total. The van der Waals surface area contributed by atoms with E-state index in [2.05, 4.69) is 6.92 Å². The molecule has 0 unspecified atom stereocenters.